The number of halogens is 1. The number of hydrogen-bond donors (Lipinski definition) is 1. The van der Waals surface area contributed by atoms with E-state index in [0.29, 0.717) is 6.54 Å². The second kappa shape index (κ2) is 6.30. The Hall–Kier alpha value is -1.32. The molecule has 0 unspecified atom stereocenters. The zero-order valence-electron chi connectivity index (χ0n) is 9.04. The molecule has 0 fully saturated rings. The molecule has 0 amide bonds. The van der Waals surface area contributed by atoms with Crippen molar-refractivity contribution in [3.8, 4) is 0 Å². The van der Waals surface area contributed by atoms with E-state index in [1.165, 1.54) is 5.56 Å². The summed E-state index contributed by atoms with van der Waals surface area (Å²) in [6, 6.07) is 10.3. The third-order valence-corrected chi connectivity index (χ3v) is 2.30. The predicted molar refractivity (Wildman–Crippen MR) is 67.8 cm³/mol. The van der Waals surface area contributed by atoms with Gasteiger partial charge in [-0.05, 0) is 12.1 Å². The smallest absolute Gasteiger partial charge is 0.0952 e. The Bertz CT molecular complexity index is 411. The molecule has 16 heavy (non-hydrogen) atoms. The summed E-state index contributed by atoms with van der Waals surface area (Å²) in [6.45, 7) is 1.53. The van der Waals surface area contributed by atoms with Gasteiger partial charge in [-0.1, -0.05) is 30.3 Å². The lowest BCUT2D eigenvalue weighted by Crippen LogP contribution is -2.02. The standard InChI is InChI=1S/C12H15N3.ClH/c13-7-6-12-9-15(10-14-12)8-11-4-2-1-3-5-11;/h1-5,9-10H,6-8,13H2;1H. The molecule has 1 aromatic heterocycles. The maximum Gasteiger partial charge on any atom is 0.0952 e. The van der Waals surface area contributed by atoms with Crippen molar-refractivity contribution in [3.63, 3.8) is 0 Å². The SMILES string of the molecule is Cl.NCCc1cn(Cc2ccccc2)cn1. The number of nitrogens with zero attached hydrogens (tertiary/aromatic N) is 2. The van der Waals surface area contributed by atoms with Crippen LogP contribution < -0.4 is 5.73 Å². The molecule has 0 aliphatic heterocycles. The lowest BCUT2D eigenvalue weighted by Gasteiger charge is -2.01. The van der Waals surface area contributed by atoms with E-state index in [1.54, 1.807) is 0 Å². The Morgan fingerprint density at radius 3 is 2.62 bits per heavy atom. The third-order valence-electron chi connectivity index (χ3n) is 2.30. The summed E-state index contributed by atoms with van der Waals surface area (Å²) in [7, 11) is 0. The van der Waals surface area contributed by atoms with Crippen molar-refractivity contribution in [2.75, 3.05) is 6.54 Å². The zero-order chi connectivity index (χ0) is 10.5. The molecule has 3 nitrogen and oxygen atoms in total. The molecule has 1 heterocycles. The van der Waals surface area contributed by atoms with Crippen molar-refractivity contribution in [1.82, 2.24) is 9.55 Å². The zero-order valence-corrected chi connectivity index (χ0v) is 9.86. The van der Waals surface area contributed by atoms with Crippen molar-refractivity contribution in [3.05, 3.63) is 54.1 Å². The minimum atomic E-state index is 0. The second-order valence-corrected chi connectivity index (χ2v) is 3.56. The summed E-state index contributed by atoms with van der Waals surface area (Å²) >= 11 is 0. The third kappa shape index (κ3) is 3.36. The molecular weight excluding hydrogens is 222 g/mol. The minimum Gasteiger partial charge on any atom is -0.333 e. The summed E-state index contributed by atoms with van der Waals surface area (Å²) in [5.41, 5.74) is 7.82. The number of benzene rings is 1. The van der Waals surface area contributed by atoms with Gasteiger partial charge in [-0.2, -0.15) is 0 Å². The van der Waals surface area contributed by atoms with Crippen LogP contribution in [0.25, 0.3) is 0 Å². The van der Waals surface area contributed by atoms with Gasteiger partial charge in [-0.25, -0.2) is 4.98 Å². The van der Waals surface area contributed by atoms with Crippen LogP contribution in [0.15, 0.2) is 42.9 Å². The lowest BCUT2D eigenvalue weighted by atomic mass is 10.2. The summed E-state index contributed by atoms with van der Waals surface area (Å²) in [4.78, 5) is 4.29. The maximum atomic E-state index is 5.47. The van der Waals surface area contributed by atoms with Crippen molar-refractivity contribution < 1.29 is 0 Å². The summed E-state index contributed by atoms with van der Waals surface area (Å²) in [5, 5.41) is 0. The largest absolute Gasteiger partial charge is 0.333 e. The average Bonchev–Trinajstić information content (AvgIpc) is 2.68. The number of hydrogen-bond acceptors (Lipinski definition) is 2. The predicted octanol–water partition coefficient (Wildman–Crippen LogP) is 1.85. The van der Waals surface area contributed by atoms with E-state index in [1.807, 2.05) is 24.5 Å². The van der Waals surface area contributed by atoms with Crippen LogP contribution in [-0.2, 0) is 13.0 Å². The van der Waals surface area contributed by atoms with Crippen molar-refractivity contribution in [2.45, 2.75) is 13.0 Å². The maximum absolute atomic E-state index is 5.47. The highest BCUT2D eigenvalue weighted by molar-refractivity contribution is 5.85. The van der Waals surface area contributed by atoms with Gasteiger partial charge in [0.2, 0.25) is 0 Å². The van der Waals surface area contributed by atoms with Crippen molar-refractivity contribution in [1.29, 1.82) is 0 Å². The summed E-state index contributed by atoms with van der Waals surface area (Å²) in [6.07, 6.45) is 4.76. The molecule has 0 radical (unpaired) electrons. The monoisotopic (exact) mass is 237 g/mol. The topological polar surface area (TPSA) is 43.8 Å². The van der Waals surface area contributed by atoms with Gasteiger partial charge in [0, 0.05) is 19.2 Å². The van der Waals surface area contributed by atoms with Gasteiger partial charge < -0.3 is 10.3 Å². The molecule has 0 spiro atoms. The first-order chi connectivity index (χ1) is 7.38. The fraction of sp³-hybridized carbons (Fsp3) is 0.250. The van der Waals surface area contributed by atoms with E-state index in [-0.39, 0.29) is 12.4 Å². The van der Waals surface area contributed by atoms with E-state index < -0.39 is 0 Å². The fourth-order valence-electron chi connectivity index (χ4n) is 1.56. The van der Waals surface area contributed by atoms with Gasteiger partial charge in [0.25, 0.3) is 0 Å². The molecule has 1 aromatic carbocycles. The first-order valence-electron chi connectivity index (χ1n) is 5.13. The van der Waals surface area contributed by atoms with Gasteiger partial charge in [0.1, 0.15) is 0 Å². The molecule has 0 aliphatic rings. The summed E-state index contributed by atoms with van der Waals surface area (Å²) < 4.78 is 2.08. The van der Waals surface area contributed by atoms with E-state index in [0.717, 1.165) is 18.7 Å². The Kier molecular flexibility index (Phi) is 5.02. The average molecular weight is 238 g/mol. The van der Waals surface area contributed by atoms with E-state index >= 15 is 0 Å². The van der Waals surface area contributed by atoms with Gasteiger partial charge in [0.15, 0.2) is 0 Å². The van der Waals surface area contributed by atoms with Crippen LogP contribution in [0, 0.1) is 0 Å². The molecular formula is C12H16ClN3. The first-order valence-corrected chi connectivity index (χ1v) is 5.13. The Labute approximate surface area is 102 Å². The molecule has 0 saturated carbocycles. The Morgan fingerprint density at radius 1 is 1.19 bits per heavy atom. The van der Waals surface area contributed by atoms with Gasteiger partial charge in [-0.3, -0.25) is 0 Å². The fourth-order valence-corrected chi connectivity index (χ4v) is 1.56. The highest BCUT2D eigenvalue weighted by Crippen LogP contribution is 2.03. The van der Waals surface area contributed by atoms with Crippen LogP contribution in [0.3, 0.4) is 0 Å². The molecule has 86 valence electrons. The minimum absolute atomic E-state index is 0. The van der Waals surface area contributed by atoms with Gasteiger partial charge >= 0.3 is 0 Å². The highest BCUT2D eigenvalue weighted by Gasteiger charge is 1.98. The van der Waals surface area contributed by atoms with Crippen molar-refractivity contribution >= 4 is 12.4 Å². The molecule has 0 atom stereocenters. The quantitative estimate of drug-likeness (QED) is 0.882. The number of imidazole rings is 1. The lowest BCUT2D eigenvalue weighted by molar-refractivity contribution is 0.795. The van der Waals surface area contributed by atoms with Crippen LogP contribution in [0.2, 0.25) is 0 Å². The first kappa shape index (κ1) is 12.7. The van der Waals surface area contributed by atoms with E-state index in [4.69, 9.17) is 5.73 Å². The normalized spacial score (nSPS) is 9.81. The van der Waals surface area contributed by atoms with Crippen LogP contribution in [0.5, 0.6) is 0 Å². The van der Waals surface area contributed by atoms with Crippen molar-refractivity contribution in [2.24, 2.45) is 5.73 Å². The molecule has 0 aliphatic carbocycles. The number of aromatic nitrogens is 2. The molecule has 0 bridgehead atoms. The van der Waals surface area contributed by atoms with E-state index in [9.17, 15) is 0 Å². The van der Waals surface area contributed by atoms with Crippen LogP contribution >= 0.6 is 12.4 Å². The highest BCUT2D eigenvalue weighted by atomic mass is 35.5. The number of rotatable bonds is 4. The van der Waals surface area contributed by atoms with Crippen LogP contribution in [0.1, 0.15) is 11.3 Å². The van der Waals surface area contributed by atoms with Crippen LogP contribution in [0.4, 0.5) is 0 Å². The molecule has 0 saturated heterocycles. The van der Waals surface area contributed by atoms with Gasteiger partial charge in [-0.15, -0.1) is 12.4 Å². The Balaban J connectivity index is 0.00000128. The summed E-state index contributed by atoms with van der Waals surface area (Å²) in [5.74, 6) is 0. The number of nitrogens with two attached hydrogens (primary N) is 1. The molecule has 2 aromatic rings. The molecule has 4 heteroatoms. The van der Waals surface area contributed by atoms with Crippen LogP contribution in [-0.4, -0.2) is 16.1 Å². The molecule has 2 rings (SSSR count). The molecule has 2 N–H and O–H groups in total. The van der Waals surface area contributed by atoms with Gasteiger partial charge in [0.05, 0.1) is 12.0 Å². The second-order valence-electron chi connectivity index (χ2n) is 3.56. The Morgan fingerprint density at radius 2 is 1.94 bits per heavy atom. The van der Waals surface area contributed by atoms with E-state index in [2.05, 4.69) is 27.9 Å².